The Bertz CT molecular complexity index is 838. The number of rotatable bonds is 9. The number of hydrogen-bond donors (Lipinski definition) is 1. The second-order valence-electron chi connectivity index (χ2n) is 5.69. The van der Waals surface area contributed by atoms with Crippen LogP contribution >= 0.6 is 0 Å². The molecule has 0 atom stereocenters. The Hall–Kier alpha value is -2.46. The van der Waals surface area contributed by atoms with Crippen LogP contribution in [0.4, 0.5) is 4.39 Å². The zero-order valence-electron chi connectivity index (χ0n) is 14.6. The maximum absolute atomic E-state index is 14.1. The van der Waals surface area contributed by atoms with Gasteiger partial charge in [-0.25, -0.2) is 17.5 Å². The zero-order chi connectivity index (χ0) is 19.2. The van der Waals surface area contributed by atoms with Gasteiger partial charge in [0, 0.05) is 39.6 Å². The molecule has 1 N–H and O–H groups in total. The van der Waals surface area contributed by atoms with E-state index in [1.165, 1.54) is 17.0 Å². The summed E-state index contributed by atoms with van der Waals surface area (Å²) in [5.41, 5.74) is 0. The van der Waals surface area contributed by atoms with Crippen LogP contribution in [-0.4, -0.2) is 56.3 Å². The summed E-state index contributed by atoms with van der Waals surface area (Å²) in [5, 5.41) is 4.02. The van der Waals surface area contributed by atoms with Crippen LogP contribution in [0.2, 0.25) is 0 Å². The van der Waals surface area contributed by atoms with Crippen molar-refractivity contribution < 1.29 is 22.3 Å². The quantitative estimate of drug-likeness (QED) is 0.647. The van der Waals surface area contributed by atoms with Gasteiger partial charge in [-0.1, -0.05) is 0 Å². The summed E-state index contributed by atoms with van der Waals surface area (Å²) < 4.78 is 47.7. The molecule has 0 aliphatic heterocycles. The number of nitrogens with one attached hydrogen (secondary N) is 1. The van der Waals surface area contributed by atoms with Crippen LogP contribution in [0.15, 0.2) is 41.6 Å². The molecule has 0 saturated carbocycles. The molecule has 2 aromatic rings. The highest BCUT2D eigenvalue weighted by atomic mass is 32.2. The molecule has 0 bridgehead atoms. The molecular formula is C16H21FN4O4S. The fraction of sp³-hybridized carbons (Fsp3) is 0.375. The predicted octanol–water partition coefficient (Wildman–Crippen LogP) is 0.858. The van der Waals surface area contributed by atoms with E-state index in [1.54, 1.807) is 37.2 Å². The Morgan fingerprint density at radius 2 is 2.15 bits per heavy atom. The minimum absolute atomic E-state index is 0.183. The molecule has 8 nitrogen and oxygen atoms in total. The van der Waals surface area contributed by atoms with Crippen LogP contribution in [0, 0.1) is 5.82 Å². The van der Waals surface area contributed by atoms with Crippen molar-refractivity contribution in [3.8, 4) is 5.75 Å². The van der Waals surface area contributed by atoms with Crippen LogP contribution < -0.4 is 9.46 Å². The summed E-state index contributed by atoms with van der Waals surface area (Å²) in [6.07, 6.45) is 3.96. The van der Waals surface area contributed by atoms with Crippen LogP contribution in [0.25, 0.3) is 0 Å². The lowest BCUT2D eigenvalue weighted by Crippen LogP contribution is -2.28. The average molecular weight is 384 g/mol. The van der Waals surface area contributed by atoms with Gasteiger partial charge in [0.05, 0.1) is 4.90 Å². The van der Waals surface area contributed by atoms with Crippen molar-refractivity contribution in [1.29, 1.82) is 0 Å². The first-order valence-electron chi connectivity index (χ1n) is 7.89. The zero-order valence-corrected chi connectivity index (χ0v) is 15.4. The van der Waals surface area contributed by atoms with E-state index < -0.39 is 15.8 Å². The third-order valence-electron chi connectivity index (χ3n) is 3.48. The Morgan fingerprint density at radius 3 is 2.77 bits per heavy atom. The molecule has 2 rings (SSSR count). The van der Waals surface area contributed by atoms with Gasteiger partial charge in [0.15, 0.2) is 18.2 Å². The van der Waals surface area contributed by atoms with Gasteiger partial charge in [0.2, 0.25) is 10.0 Å². The lowest BCUT2D eigenvalue weighted by Gasteiger charge is -2.12. The fourth-order valence-electron chi connectivity index (χ4n) is 2.00. The smallest absolute Gasteiger partial charge is 0.259 e. The van der Waals surface area contributed by atoms with Gasteiger partial charge in [-0.3, -0.25) is 9.48 Å². The third-order valence-corrected chi connectivity index (χ3v) is 4.94. The highest BCUT2D eigenvalue weighted by molar-refractivity contribution is 7.89. The molecule has 0 unspecified atom stereocenters. The Morgan fingerprint density at radius 1 is 1.38 bits per heavy atom. The van der Waals surface area contributed by atoms with E-state index in [0.29, 0.717) is 13.0 Å². The number of ether oxygens (including phenoxy) is 1. The summed E-state index contributed by atoms with van der Waals surface area (Å²) in [4.78, 5) is 12.6. The summed E-state index contributed by atoms with van der Waals surface area (Å²) >= 11 is 0. The molecule has 0 aliphatic rings. The van der Waals surface area contributed by atoms with Crippen molar-refractivity contribution in [1.82, 2.24) is 19.4 Å². The highest BCUT2D eigenvalue weighted by Gasteiger charge is 2.17. The van der Waals surface area contributed by atoms with Gasteiger partial charge < -0.3 is 9.64 Å². The number of aryl methyl sites for hydroxylation is 1. The van der Waals surface area contributed by atoms with Gasteiger partial charge in [0.1, 0.15) is 0 Å². The summed E-state index contributed by atoms with van der Waals surface area (Å²) in [5.74, 6) is -1.37. The normalized spacial score (nSPS) is 11.3. The first kappa shape index (κ1) is 19.9. The average Bonchev–Trinajstić information content (AvgIpc) is 3.10. The van der Waals surface area contributed by atoms with Crippen molar-refractivity contribution in [2.24, 2.45) is 0 Å². The SMILES string of the molecule is CN(C)C(=O)COc1ccc(S(=O)(=O)NCCCn2cccn2)cc1F. The van der Waals surface area contributed by atoms with E-state index in [9.17, 15) is 17.6 Å². The first-order valence-corrected chi connectivity index (χ1v) is 9.37. The second-order valence-corrected chi connectivity index (χ2v) is 7.46. The second kappa shape index (κ2) is 8.77. The molecule has 1 amide bonds. The van der Waals surface area contributed by atoms with Gasteiger partial charge in [-0.2, -0.15) is 5.10 Å². The number of hydrogen-bond acceptors (Lipinski definition) is 5. The van der Waals surface area contributed by atoms with Crippen LogP contribution in [0.1, 0.15) is 6.42 Å². The van der Waals surface area contributed by atoms with E-state index in [1.807, 2.05) is 0 Å². The van der Waals surface area contributed by atoms with Gasteiger partial charge >= 0.3 is 0 Å². The van der Waals surface area contributed by atoms with E-state index >= 15 is 0 Å². The Labute approximate surface area is 151 Å². The molecule has 142 valence electrons. The number of likely N-dealkylation sites (N-methyl/N-ethyl adjacent to an activating group) is 1. The van der Waals surface area contributed by atoms with Gasteiger partial charge in [-0.05, 0) is 30.7 Å². The Kier molecular flexibility index (Phi) is 6.70. The predicted molar refractivity (Wildman–Crippen MR) is 92.6 cm³/mol. The standard InChI is InChI=1S/C16H21FN4O4S/c1-20(2)16(22)12-25-15-6-5-13(11-14(15)17)26(23,24)19-8-4-10-21-9-3-7-18-21/h3,5-7,9,11,19H,4,8,10,12H2,1-2H3. The molecule has 0 radical (unpaired) electrons. The topological polar surface area (TPSA) is 93.5 Å². The maximum atomic E-state index is 14.1. The first-order chi connectivity index (χ1) is 12.3. The number of carbonyl (C=O) groups excluding carboxylic acids is 1. The number of nitrogens with zero attached hydrogens (tertiary/aromatic N) is 3. The number of benzene rings is 1. The van der Waals surface area contributed by atoms with Crippen molar-refractivity contribution in [3.05, 3.63) is 42.5 Å². The fourth-order valence-corrected chi connectivity index (χ4v) is 3.08. The molecule has 1 aromatic heterocycles. The van der Waals surface area contributed by atoms with Gasteiger partial charge in [-0.15, -0.1) is 0 Å². The molecule has 1 heterocycles. The minimum atomic E-state index is -3.84. The lowest BCUT2D eigenvalue weighted by atomic mass is 10.3. The number of aromatic nitrogens is 2. The van der Waals surface area contributed by atoms with Crippen molar-refractivity contribution in [2.45, 2.75) is 17.9 Å². The van der Waals surface area contributed by atoms with Crippen molar-refractivity contribution >= 4 is 15.9 Å². The third kappa shape index (κ3) is 5.53. The molecule has 10 heteroatoms. The Balaban J connectivity index is 1.92. The molecule has 0 aliphatic carbocycles. The van der Waals surface area contributed by atoms with E-state index in [-0.39, 0.29) is 29.7 Å². The molecular weight excluding hydrogens is 363 g/mol. The maximum Gasteiger partial charge on any atom is 0.259 e. The minimum Gasteiger partial charge on any atom is -0.481 e. The molecule has 0 fully saturated rings. The van der Waals surface area contributed by atoms with E-state index in [2.05, 4.69) is 9.82 Å². The van der Waals surface area contributed by atoms with E-state index in [4.69, 9.17) is 4.74 Å². The monoisotopic (exact) mass is 384 g/mol. The van der Waals surface area contributed by atoms with Crippen LogP contribution in [-0.2, 0) is 21.4 Å². The largest absolute Gasteiger partial charge is 0.481 e. The molecule has 1 aromatic carbocycles. The summed E-state index contributed by atoms with van der Waals surface area (Å²) in [7, 11) is -0.733. The number of amides is 1. The molecule has 26 heavy (non-hydrogen) atoms. The summed E-state index contributed by atoms with van der Waals surface area (Å²) in [6, 6.07) is 5.07. The number of carbonyl (C=O) groups is 1. The number of halogens is 1. The molecule has 0 spiro atoms. The lowest BCUT2D eigenvalue weighted by molar-refractivity contribution is -0.130. The van der Waals surface area contributed by atoms with Crippen molar-refractivity contribution in [2.75, 3.05) is 27.2 Å². The molecule has 0 saturated heterocycles. The van der Waals surface area contributed by atoms with Crippen molar-refractivity contribution in [3.63, 3.8) is 0 Å². The van der Waals surface area contributed by atoms with Crippen LogP contribution in [0.3, 0.4) is 0 Å². The van der Waals surface area contributed by atoms with E-state index in [0.717, 1.165) is 6.07 Å². The summed E-state index contributed by atoms with van der Waals surface area (Å²) in [6.45, 7) is 0.428. The number of sulfonamides is 1. The van der Waals surface area contributed by atoms with Gasteiger partial charge in [0.25, 0.3) is 5.91 Å². The highest BCUT2D eigenvalue weighted by Crippen LogP contribution is 2.21. The van der Waals surface area contributed by atoms with Crippen LogP contribution in [0.5, 0.6) is 5.75 Å².